The Balaban J connectivity index is 1.41. The summed E-state index contributed by atoms with van der Waals surface area (Å²) >= 11 is 0. The summed E-state index contributed by atoms with van der Waals surface area (Å²) < 4.78 is 0. The van der Waals surface area contributed by atoms with Crippen LogP contribution in [0, 0.1) is 5.92 Å². The summed E-state index contributed by atoms with van der Waals surface area (Å²) in [5, 5.41) is 10.6. The van der Waals surface area contributed by atoms with Crippen LogP contribution in [0.3, 0.4) is 0 Å². The third kappa shape index (κ3) is 3.31. The molecular formula is C20H18N4O3. The van der Waals surface area contributed by atoms with Crippen molar-refractivity contribution < 1.29 is 14.4 Å². The van der Waals surface area contributed by atoms with Crippen molar-refractivity contribution >= 4 is 34.3 Å². The molecule has 4 rings (SSSR count). The largest absolute Gasteiger partial charge is 0.348 e. The maximum atomic E-state index is 12.4. The molecule has 1 aromatic heterocycles. The zero-order valence-electron chi connectivity index (χ0n) is 14.5. The van der Waals surface area contributed by atoms with E-state index in [0.717, 1.165) is 10.9 Å². The number of carbonyl (C=O) groups excluding carboxylic acids is 3. The summed E-state index contributed by atoms with van der Waals surface area (Å²) in [6, 6.07) is 16.3. The van der Waals surface area contributed by atoms with Crippen LogP contribution in [0.15, 0.2) is 54.6 Å². The molecule has 0 unspecified atom stereocenters. The van der Waals surface area contributed by atoms with Crippen LogP contribution in [-0.2, 0) is 9.59 Å². The van der Waals surface area contributed by atoms with E-state index in [1.807, 2.05) is 30.3 Å². The van der Waals surface area contributed by atoms with E-state index in [1.54, 1.807) is 24.3 Å². The van der Waals surface area contributed by atoms with Crippen LogP contribution in [0.4, 0.5) is 5.82 Å². The van der Waals surface area contributed by atoms with Gasteiger partial charge in [-0.25, -0.2) is 0 Å². The molecule has 27 heavy (non-hydrogen) atoms. The van der Waals surface area contributed by atoms with Gasteiger partial charge >= 0.3 is 0 Å². The van der Waals surface area contributed by atoms with Crippen LogP contribution in [-0.4, -0.2) is 40.9 Å². The lowest BCUT2D eigenvalue weighted by molar-refractivity contribution is -0.126. The molecule has 1 saturated heterocycles. The third-order valence-corrected chi connectivity index (χ3v) is 4.72. The molecule has 2 N–H and O–H groups in total. The lowest BCUT2D eigenvalue weighted by Crippen LogP contribution is -2.36. The van der Waals surface area contributed by atoms with Crippen LogP contribution in [0.5, 0.6) is 0 Å². The first-order chi connectivity index (χ1) is 13.1. The number of aromatic amines is 1. The van der Waals surface area contributed by atoms with E-state index in [-0.39, 0.29) is 37.1 Å². The zero-order valence-corrected chi connectivity index (χ0v) is 14.5. The summed E-state index contributed by atoms with van der Waals surface area (Å²) in [5.41, 5.74) is 1.38. The van der Waals surface area contributed by atoms with Crippen molar-refractivity contribution in [2.45, 2.75) is 6.42 Å². The highest BCUT2D eigenvalue weighted by Gasteiger charge is 2.36. The first-order valence-corrected chi connectivity index (χ1v) is 8.73. The van der Waals surface area contributed by atoms with Crippen LogP contribution >= 0.6 is 0 Å². The highest BCUT2D eigenvalue weighted by Crippen LogP contribution is 2.29. The molecule has 0 radical (unpaired) electrons. The number of Topliss-reactive ketones (excluding diaryl/α,β-unsaturated/α-hetero) is 1. The highest BCUT2D eigenvalue weighted by molar-refractivity contribution is 6.06. The fourth-order valence-electron chi connectivity index (χ4n) is 3.28. The Morgan fingerprint density at radius 2 is 1.85 bits per heavy atom. The predicted octanol–water partition coefficient (Wildman–Crippen LogP) is 1.91. The predicted molar refractivity (Wildman–Crippen MR) is 100 cm³/mol. The summed E-state index contributed by atoms with van der Waals surface area (Å²) in [6.45, 7) is 0.165. The van der Waals surface area contributed by atoms with E-state index in [4.69, 9.17) is 0 Å². The van der Waals surface area contributed by atoms with Crippen LogP contribution in [0.1, 0.15) is 16.8 Å². The van der Waals surface area contributed by atoms with Gasteiger partial charge in [0.15, 0.2) is 11.6 Å². The number of H-pyrrole nitrogens is 1. The van der Waals surface area contributed by atoms with Crippen LogP contribution in [0.25, 0.3) is 10.9 Å². The van der Waals surface area contributed by atoms with E-state index in [0.29, 0.717) is 11.4 Å². The molecule has 1 aliphatic heterocycles. The van der Waals surface area contributed by atoms with Crippen molar-refractivity contribution in [3.63, 3.8) is 0 Å². The minimum absolute atomic E-state index is 0.0845. The first kappa shape index (κ1) is 17.0. The molecule has 1 atom stereocenters. The van der Waals surface area contributed by atoms with Crippen molar-refractivity contribution in [2.24, 2.45) is 5.92 Å². The van der Waals surface area contributed by atoms with E-state index in [9.17, 15) is 14.4 Å². The summed E-state index contributed by atoms with van der Waals surface area (Å²) in [5.74, 6) is -0.581. The number of amides is 2. The number of rotatable bonds is 5. The van der Waals surface area contributed by atoms with E-state index >= 15 is 0 Å². The van der Waals surface area contributed by atoms with Gasteiger partial charge in [0.1, 0.15) is 0 Å². The molecule has 3 aromatic rings. The van der Waals surface area contributed by atoms with Gasteiger partial charge in [0.05, 0.1) is 18.0 Å². The topological polar surface area (TPSA) is 95.2 Å². The van der Waals surface area contributed by atoms with Gasteiger partial charge in [-0.1, -0.05) is 42.5 Å². The Bertz CT molecular complexity index is 1010. The highest BCUT2D eigenvalue weighted by atomic mass is 16.2. The Labute approximate surface area is 155 Å². The lowest BCUT2D eigenvalue weighted by Gasteiger charge is -2.14. The maximum absolute atomic E-state index is 12.4. The summed E-state index contributed by atoms with van der Waals surface area (Å²) in [7, 11) is 0. The van der Waals surface area contributed by atoms with Crippen LogP contribution < -0.4 is 10.2 Å². The number of aromatic nitrogens is 2. The molecular weight excluding hydrogens is 344 g/mol. The normalized spacial score (nSPS) is 16.7. The molecule has 136 valence electrons. The number of hydrogen-bond donors (Lipinski definition) is 2. The number of nitrogens with zero attached hydrogens (tertiary/aromatic N) is 2. The fraction of sp³-hybridized carbons (Fsp3) is 0.200. The average molecular weight is 362 g/mol. The van der Waals surface area contributed by atoms with E-state index in [2.05, 4.69) is 15.5 Å². The SMILES string of the molecule is O=C(CNC(=O)[C@@H]1CC(=O)N(c2n[nH]c3ccccc23)C1)c1ccccc1. The van der Waals surface area contributed by atoms with Gasteiger partial charge in [0, 0.05) is 23.9 Å². The number of para-hydroxylation sites is 1. The maximum Gasteiger partial charge on any atom is 0.229 e. The molecule has 2 aromatic carbocycles. The fourth-order valence-corrected chi connectivity index (χ4v) is 3.28. The standard InChI is InChI=1S/C20H18N4O3/c25-17(13-6-2-1-3-7-13)11-21-20(27)14-10-18(26)24(12-14)19-15-8-4-5-9-16(15)22-23-19/h1-9,14H,10-12H2,(H,21,27)(H,22,23)/t14-/m1/s1. The number of carbonyl (C=O) groups is 3. The second kappa shape index (κ2) is 7.03. The second-order valence-corrected chi connectivity index (χ2v) is 6.51. The van der Waals surface area contributed by atoms with Gasteiger partial charge in [0.25, 0.3) is 0 Å². The molecule has 7 nitrogen and oxygen atoms in total. The first-order valence-electron chi connectivity index (χ1n) is 8.73. The average Bonchev–Trinajstić information content (AvgIpc) is 3.29. The molecule has 1 aliphatic rings. The van der Waals surface area contributed by atoms with E-state index < -0.39 is 5.92 Å². The van der Waals surface area contributed by atoms with Gasteiger partial charge in [-0.15, -0.1) is 0 Å². The monoisotopic (exact) mass is 362 g/mol. The molecule has 7 heteroatoms. The zero-order chi connectivity index (χ0) is 18.8. The van der Waals surface area contributed by atoms with Gasteiger partial charge in [-0.3, -0.25) is 24.4 Å². The van der Waals surface area contributed by atoms with Gasteiger partial charge in [-0.05, 0) is 12.1 Å². The van der Waals surface area contributed by atoms with Crippen molar-refractivity contribution in [2.75, 3.05) is 18.0 Å². The number of ketones is 1. The Morgan fingerprint density at radius 3 is 2.67 bits per heavy atom. The molecule has 2 heterocycles. The minimum atomic E-state index is -0.503. The molecule has 1 fully saturated rings. The summed E-state index contributed by atoms with van der Waals surface area (Å²) in [6.07, 6.45) is 0.104. The lowest BCUT2D eigenvalue weighted by atomic mass is 10.1. The number of hydrogen-bond acceptors (Lipinski definition) is 4. The van der Waals surface area contributed by atoms with Crippen LogP contribution in [0.2, 0.25) is 0 Å². The Kier molecular flexibility index (Phi) is 4.42. The summed E-state index contributed by atoms with van der Waals surface area (Å²) in [4.78, 5) is 38.5. The quantitative estimate of drug-likeness (QED) is 0.678. The number of fused-ring (bicyclic) bond motifs is 1. The molecule has 0 saturated carbocycles. The number of anilines is 1. The van der Waals surface area contributed by atoms with E-state index in [1.165, 1.54) is 4.90 Å². The minimum Gasteiger partial charge on any atom is -0.348 e. The number of nitrogens with one attached hydrogen (secondary N) is 2. The van der Waals surface area contributed by atoms with Crippen molar-refractivity contribution in [3.8, 4) is 0 Å². The third-order valence-electron chi connectivity index (χ3n) is 4.72. The van der Waals surface area contributed by atoms with Crippen molar-refractivity contribution in [1.82, 2.24) is 15.5 Å². The Morgan fingerprint density at radius 1 is 1.11 bits per heavy atom. The van der Waals surface area contributed by atoms with Gasteiger partial charge < -0.3 is 5.32 Å². The second-order valence-electron chi connectivity index (χ2n) is 6.51. The van der Waals surface area contributed by atoms with Gasteiger partial charge in [0.2, 0.25) is 11.8 Å². The van der Waals surface area contributed by atoms with Gasteiger partial charge in [-0.2, -0.15) is 5.10 Å². The number of benzene rings is 2. The Hall–Kier alpha value is -3.48. The molecule has 2 amide bonds. The molecule has 0 spiro atoms. The van der Waals surface area contributed by atoms with Crippen molar-refractivity contribution in [1.29, 1.82) is 0 Å². The smallest absolute Gasteiger partial charge is 0.229 e. The van der Waals surface area contributed by atoms with Crippen molar-refractivity contribution in [3.05, 3.63) is 60.2 Å². The molecule has 0 aliphatic carbocycles. The molecule has 0 bridgehead atoms.